The molecular weight excluding hydrogens is 266 g/mol. The second-order valence-electron chi connectivity index (χ2n) is 6.10. The number of amides is 1. The van der Waals surface area contributed by atoms with Gasteiger partial charge >= 0.3 is 0 Å². The number of carbonyl (C=O) groups excluding carboxylic acids is 1. The van der Waals surface area contributed by atoms with E-state index < -0.39 is 10.0 Å². The molecule has 19 heavy (non-hydrogen) atoms. The van der Waals surface area contributed by atoms with Crippen molar-refractivity contribution < 1.29 is 13.2 Å². The normalized spacial score (nSPS) is 14.2. The van der Waals surface area contributed by atoms with Gasteiger partial charge in [0.2, 0.25) is 15.9 Å². The van der Waals surface area contributed by atoms with Crippen LogP contribution in [-0.2, 0) is 14.8 Å². The number of hydrogen-bond donors (Lipinski definition) is 3. The molecule has 0 aliphatic heterocycles. The molecule has 0 bridgehead atoms. The SMILES string of the molecule is CC(C)(C)CC(N)CC(=O)NCCCNS(C)(=O)=O. The van der Waals surface area contributed by atoms with Gasteiger partial charge in [0.1, 0.15) is 0 Å². The van der Waals surface area contributed by atoms with Gasteiger partial charge in [-0.05, 0) is 18.3 Å². The Labute approximate surface area is 116 Å². The molecule has 114 valence electrons. The molecule has 0 aliphatic carbocycles. The zero-order valence-corrected chi connectivity index (χ0v) is 13.1. The van der Waals surface area contributed by atoms with Crippen LogP contribution in [0.3, 0.4) is 0 Å². The largest absolute Gasteiger partial charge is 0.356 e. The second kappa shape index (κ2) is 7.81. The van der Waals surface area contributed by atoms with Gasteiger partial charge in [0.05, 0.1) is 6.26 Å². The molecule has 1 unspecified atom stereocenters. The van der Waals surface area contributed by atoms with Crippen LogP contribution in [0.25, 0.3) is 0 Å². The first-order chi connectivity index (χ1) is 8.49. The molecule has 0 heterocycles. The predicted octanol–water partition coefficient (Wildman–Crippen LogP) is 0.196. The summed E-state index contributed by atoms with van der Waals surface area (Å²) in [6.07, 6.45) is 2.76. The van der Waals surface area contributed by atoms with Crippen LogP contribution >= 0.6 is 0 Å². The van der Waals surface area contributed by atoms with Crippen LogP contribution in [-0.4, -0.2) is 39.7 Å². The lowest BCUT2D eigenvalue weighted by molar-refractivity contribution is -0.121. The van der Waals surface area contributed by atoms with Gasteiger partial charge in [0, 0.05) is 25.6 Å². The fourth-order valence-electron chi connectivity index (χ4n) is 1.74. The number of nitrogens with two attached hydrogens (primary N) is 1. The van der Waals surface area contributed by atoms with E-state index in [4.69, 9.17) is 5.73 Å². The van der Waals surface area contributed by atoms with Crippen molar-refractivity contribution in [3.63, 3.8) is 0 Å². The van der Waals surface area contributed by atoms with Gasteiger partial charge in [-0.15, -0.1) is 0 Å². The number of nitrogens with one attached hydrogen (secondary N) is 2. The van der Waals surface area contributed by atoms with E-state index >= 15 is 0 Å². The molecule has 0 spiro atoms. The summed E-state index contributed by atoms with van der Waals surface area (Å²) in [7, 11) is -3.15. The Morgan fingerprint density at radius 2 is 1.84 bits per heavy atom. The molecule has 1 amide bonds. The van der Waals surface area contributed by atoms with Crippen molar-refractivity contribution in [2.24, 2.45) is 11.1 Å². The highest BCUT2D eigenvalue weighted by Crippen LogP contribution is 2.20. The Balaban J connectivity index is 3.71. The van der Waals surface area contributed by atoms with Crippen LogP contribution < -0.4 is 15.8 Å². The quantitative estimate of drug-likeness (QED) is 0.556. The molecule has 0 saturated heterocycles. The van der Waals surface area contributed by atoms with E-state index in [-0.39, 0.29) is 17.4 Å². The molecule has 1 atom stereocenters. The predicted molar refractivity (Wildman–Crippen MR) is 77.1 cm³/mol. The van der Waals surface area contributed by atoms with Crippen molar-refractivity contribution in [1.82, 2.24) is 10.0 Å². The van der Waals surface area contributed by atoms with E-state index in [1.165, 1.54) is 0 Å². The Morgan fingerprint density at radius 3 is 2.32 bits per heavy atom. The monoisotopic (exact) mass is 293 g/mol. The average Bonchev–Trinajstić information content (AvgIpc) is 2.11. The van der Waals surface area contributed by atoms with Crippen molar-refractivity contribution in [2.45, 2.75) is 46.1 Å². The highest BCUT2D eigenvalue weighted by atomic mass is 32.2. The maximum absolute atomic E-state index is 11.6. The number of sulfonamides is 1. The maximum atomic E-state index is 11.6. The Kier molecular flexibility index (Phi) is 7.54. The van der Waals surface area contributed by atoms with Crippen LogP contribution in [0.5, 0.6) is 0 Å². The Bertz CT molecular complexity index is 374. The topological polar surface area (TPSA) is 101 Å². The average molecular weight is 293 g/mol. The molecule has 0 aromatic heterocycles. The molecule has 4 N–H and O–H groups in total. The molecule has 6 nitrogen and oxygen atoms in total. The first kappa shape index (κ1) is 18.3. The molecule has 0 fully saturated rings. The number of carbonyl (C=O) groups is 1. The van der Waals surface area contributed by atoms with E-state index in [1.54, 1.807) is 0 Å². The zero-order valence-electron chi connectivity index (χ0n) is 12.3. The van der Waals surface area contributed by atoms with Crippen molar-refractivity contribution >= 4 is 15.9 Å². The van der Waals surface area contributed by atoms with E-state index in [9.17, 15) is 13.2 Å². The molecule has 0 aromatic rings. The second-order valence-corrected chi connectivity index (χ2v) is 7.93. The summed E-state index contributed by atoms with van der Waals surface area (Å²) in [5.41, 5.74) is 6.01. The van der Waals surface area contributed by atoms with Crippen molar-refractivity contribution in [3.8, 4) is 0 Å². The van der Waals surface area contributed by atoms with E-state index in [2.05, 4.69) is 30.8 Å². The van der Waals surface area contributed by atoms with Crippen LogP contribution in [0, 0.1) is 5.41 Å². The van der Waals surface area contributed by atoms with Gasteiger partial charge < -0.3 is 11.1 Å². The summed E-state index contributed by atoms with van der Waals surface area (Å²) in [6, 6.07) is -0.144. The Morgan fingerprint density at radius 1 is 1.26 bits per heavy atom. The van der Waals surface area contributed by atoms with Crippen LogP contribution in [0.1, 0.15) is 40.0 Å². The molecule has 0 aliphatic rings. The lowest BCUT2D eigenvalue weighted by Crippen LogP contribution is -2.35. The lowest BCUT2D eigenvalue weighted by Gasteiger charge is -2.22. The molecule has 0 rings (SSSR count). The third-order valence-electron chi connectivity index (χ3n) is 2.36. The van der Waals surface area contributed by atoms with E-state index in [1.807, 2.05) is 0 Å². The maximum Gasteiger partial charge on any atom is 0.221 e. The number of rotatable bonds is 8. The van der Waals surface area contributed by atoms with Crippen molar-refractivity contribution in [3.05, 3.63) is 0 Å². The lowest BCUT2D eigenvalue weighted by atomic mass is 9.87. The highest BCUT2D eigenvalue weighted by molar-refractivity contribution is 7.88. The minimum atomic E-state index is -3.15. The summed E-state index contributed by atoms with van der Waals surface area (Å²) >= 11 is 0. The fourth-order valence-corrected chi connectivity index (χ4v) is 2.26. The van der Waals surface area contributed by atoms with Crippen LogP contribution in [0.2, 0.25) is 0 Å². The fraction of sp³-hybridized carbons (Fsp3) is 0.917. The summed E-state index contributed by atoms with van der Waals surface area (Å²) in [5, 5.41) is 2.73. The van der Waals surface area contributed by atoms with E-state index in [0.717, 1.165) is 12.7 Å². The highest BCUT2D eigenvalue weighted by Gasteiger charge is 2.17. The molecule has 0 radical (unpaired) electrons. The molecular formula is C12H27N3O3S. The van der Waals surface area contributed by atoms with Crippen molar-refractivity contribution in [1.29, 1.82) is 0 Å². The first-order valence-corrected chi connectivity index (χ1v) is 8.36. The van der Waals surface area contributed by atoms with E-state index in [0.29, 0.717) is 25.9 Å². The minimum Gasteiger partial charge on any atom is -0.356 e. The van der Waals surface area contributed by atoms with Gasteiger partial charge in [0.15, 0.2) is 0 Å². The van der Waals surface area contributed by atoms with Gasteiger partial charge in [-0.25, -0.2) is 13.1 Å². The smallest absolute Gasteiger partial charge is 0.221 e. The number of hydrogen-bond acceptors (Lipinski definition) is 4. The third-order valence-corrected chi connectivity index (χ3v) is 3.09. The molecule has 0 aromatic carbocycles. The van der Waals surface area contributed by atoms with Crippen LogP contribution in [0.15, 0.2) is 0 Å². The van der Waals surface area contributed by atoms with Gasteiger partial charge in [0.25, 0.3) is 0 Å². The standard InChI is InChI=1S/C12H27N3O3S/c1-12(2,3)9-10(13)8-11(16)14-6-5-7-15-19(4,17)18/h10,15H,5-9,13H2,1-4H3,(H,14,16). The van der Waals surface area contributed by atoms with Crippen molar-refractivity contribution in [2.75, 3.05) is 19.3 Å². The summed E-state index contributed by atoms with van der Waals surface area (Å²) in [5.74, 6) is -0.0869. The van der Waals surface area contributed by atoms with Crippen LogP contribution in [0.4, 0.5) is 0 Å². The Hall–Kier alpha value is -0.660. The molecule has 7 heteroatoms. The minimum absolute atomic E-state index is 0.0869. The summed E-state index contributed by atoms with van der Waals surface area (Å²) in [6.45, 7) is 7.03. The van der Waals surface area contributed by atoms with Gasteiger partial charge in [-0.1, -0.05) is 20.8 Å². The van der Waals surface area contributed by atoms with Gasteiger partial charge in [-0.3, -0.25) is 4.79 Å². The summed E-state index contributed by atoms with van der Waals surface area (Å²) < 4.78 is 23.9. The third kappa shape index (κ3) is 13.6. The first-order valence-electron chi connectivity index (χ1n) is 6.46. The summed E-state index contributed by atoms with van der Waals surface area (Å²) in [4.78, 5) is 11.6. The zero-order chi connectivity index (χ0) is 15.1. The molecule has 0 saturated carbocycles. The van der Waals surface area contributed by atoms with Gasteiger partial charge in [-0.2, -0.15) is 0 Å².